The number of hydrogen-bond donors (Lipinski definition) is 1. The Balaban J connectivity index is 1.99. The fraction of sp³-hybridized carbons (Fsp3) is 0.800. The quantitative estimate of drug-likeness (QED) is 0.823. The van der Waals surface area contributed by atoms with E-state index in [-0.39, 0.29) is 17.7 Å². The summed E-state index contributed by atoms with van der Waals surface area (Å²) in [5, 5.41) is 9.34. The molecule has 118 valence electrons. The summed E-state index contributed by atoms with van der Waals surface area (Å²) >= 11 is 0. The zero-order valence-corrected chi connectivity index (χ0v) is 12.7. The van der Waals surface area contributed by atoms with Gasteiger partial charge in [0.1, 0.15) is 6.04 Å². The van der Waals surface area contributed by atoms with E-state index >= 15 is 0 Å². The molecule has 1 N–H and O–H groups in total. The number of aliphatic carboxylic acids is 1. The van der Waals surface area contributed by atoms with Crippen molar-refractivity contribution in [2.24, 2.45) is 11.8 Å². The van der Waals surface area contributed by atoms with Crippen LogP contribution in [0, 0.1) is 11.8 Å². The molecule has 2 saturated heterocycles. The second kappa shape index (κ2) is 6.45. The van der Waals surface area contributed by atoms with E-state index in [9.17, 15) is 19.5 Å². The van der Waals surface area contributed by atoms with Gasteiger partial charge in [0.15, 0.2) is 0 Å². The van der Waals surface area contributed by atoms with Gasteiger partial charge >= 0.3 is 5.97 Å². The third-order valence-electron chi connectivity index (χ3n) is 4.72. The first-order chi connectivity index (χ1) is 9.90. The zero-order valence-electron chi connectivity index (χ0n) is 12.7. The highest BCUT2D eigenvalue weighted by atomic mass is 16.4. The fourth-order valence-corrected chi connectivity index (χ4v) is 3.32. The van der Waals surface area contributed by atoms with Crippen molar-refractivity contribution in [3.05, 3.63) is 0 Å². The average molecular weight is 296 g/mol. The Bertz CT molecular complexity index is 429. The minimum absolute atomic E-state index is 0.0381. The van der Waals surface area contributed by atoms with Crippen LogP contribution in [0.5, 0.6) is 0 Å². The molecule has 0 spiro atoms. The van der Waals surface area contributed by atoms with Gasteiger partial charge in [0.25, 0.3) is 0 Å². The highest BCUT2D eigenvalue weighted by molar-refractivity contribution is 5.85. The van der Waals surface area contributed by atoms with Gasteiger partial charge in [-0.15, -0.1) is 0 Å². The lowest BCUT2D eigenvalue weighted by Crippen LogP contribution is -2.53. The van der Waals surface area contributed by atoms with E-state index in [4.69, 9.17) is 0 Å². The Morgan fingerprint density at radius 2 is 1.67 bits per heavy atom. The van der Waals surface area contributed by atoms with Gasteiger partial charge in [0, 0.05) is 32.5 Å². The van der Waals surface area contributed by atoms with Crippen LogP contribution in [0.25, 0.3) is 0 Å². The van der Waals surface area contributed by atoms with Gasteiger partial charge in [0.2, 0.25) is 11.8 Å². The molecule has 2 aliphatic rings. The second-order valence-electron chi connectivity index (χ2n) is 6.30. The second-order valence-corrected chi connectivity index (χ2v) is 6.30. The molecule has 0 aliphatic carbocycles. The van der Waals surface area contributed by atoms with Crippen molar-refractivity contribution in [1.82, 2.24) is 9.80 Å². The van der Waals surface area contributed by atoms with E-state index in [0.29, 0.717) is 44.8 Å². The summed E-state index contributed by atoms with van der Waals surface area (Å²) in [4.78, 5) is 38.6. The summed E-state index contributed by atoms with van der Waals surface area (Å²) in [6, 6.07) is -0.688. The van der Waals surface area contributed by atoms with Crippen molar-refractivity contribution in [1.29, 1.82) is 0 Å². The number of rotatable bonds is 2. The van der Waals surface area contributed by atoms with Gasteiger partial charge in [-0.25, -0.2) is 4.79 Å². The van der Waals surface area contributed by atoms with E-state index in [1.54, 1.807) is 9.80 Å². The maximum Gasteiger partial charge on any atom is 0.326 e. The van der Waals surface area contributed by atoms with Gasteiger partial charge in [0.05, 0.1) is 0 Å². The molecule has 0 bridgehead atoms. The zero-order chi connectivity index (χ0) is 15.6. The molecule has 6 heteroatoms. The van der Waals surface area contributed by atoms with E-state index in [0.717, 1.165) is 6.42 Å². The molecule has 2 heterocycles. The molecular weight excluding hydrogens is 272 g/mol. The van der Waals surface area contributed by atoms with Crippen LogP contribution < -0.4 is 0 Å². The summed E-state index contributed by atoms with van der Waals surface area (Å²) in [6.07, 6.45) is 2.67. The first-order valence-electron chi connectivity index (χ1n) is 7.69. The normalized spacial score (nSPS) is 27.5. The Morgan fingerprint density at radius 3 is 2.19 bits per heavy atom. The summed E-state index contributed by atoms with van der Waals surface area (Å²) in [7, 11) is 0. The van der Waals surface area contributed by atoms with Crippen LogP contribution in [0.2, 0.25) is 0 Å². The Hall–Kier alpha value is -1.59. The first-order valence-corrected chi connectivity index (χ1v) is 7.69. The number of likely N-dealkylation sites (tertiary alicyclic amines) is 2. The highest BCUT2D eigenvalue weighted by Crippen LogP contribution is 2.27. The predicted molar refractivity (Wildman–Crippen MR) is 76.5 cm³/mol. The Labute approximate surface area is 125 Å². The van der Waals surface area contributed by atoms with Crippen LogP contribution in [0.4, 0.5) is 0 Å². The van der Waals surface area contributed by atoms with Gasteiger partial charge in [-0.05, 0) is 31.6 Å². The Morgan fingerprint density at radius 1 is 1.05 bits per heavy atom. The van der Waals surface area contributed by atoms with Crippen molar-refractivity contribution in [2.45, 2.75) is 45.6 Å². The third-order valence-corrected chi connectivity index (χ3v) is 4.72. The lowest BCUT2D eigenvalue weighted by Gasteiger charge is -2.39. The van der Waals surface area contributed by atoms with Crippen molar-refractivity contribution in [3.8, 4) is 0 Å². The summed E-state index contributed by atoms with van der Waals surface area (Å²) < 4.78 is 0. The molecule has 21 heavy (non-hydrogen) atoms. The molecule has 2 aliphatic heterocycles. The van der Waals surface area contributed by atoms with Crippen LogP contribution >= 0.6 is 0 Å². The SMILES string of the molecule is CC(=O)N1CCC(C(=O)N2CCC(C)CC2C(=O)O)CC1. The van der Waals surface area contributed by atoms with Gasteiger partial charge < -0.3 is 14.9 Å². The number of amides is 2. The number of hydrogen-bond acceptors (Lipinski definition) is 3. The van der Waals surface area contributed by atoms with E-state index in [1.165, 1.54) is 6.92 Å². The van der Waals surface area contributed by atoms with Crippen LogP contribution in [0.1, 0.15) is 39.5 Å². The minimum Gasteiger partial charge on any atom is -0.480 e. The molecule has 0 radical (unpaired) electrons. The molecule has 2 rings (SSSR count). The number of nitrogens with zero attached hydrogens (tertiary/aromatic N) is 2. The standard InChI is InChI=1S/C15H24N2O4/c1-10-3-8-17(13(9-10)15(20)21)14(19)12-4-6-16(7-5-12)11(2)18/h10,12-13H,3-9H2,1-2H3,(H,20,21). The van der Waals surface area contributed by atoms with E-state index in [2.05, 4.69) is 0 Å². The number of piperidine rings is 2. The van der Waals surface area contributed by atoms with Gasteiger partial charge in [-0.3, -0.25) is 9.59 Å². The molecule has 0 aromatic heterocycles. The molecule has 0 aromatic rings. The van der Waals surface area contributed by atoms with Crippen molar-refractivity contribution < 1.29 is 19.5 Å². The number of carboxylic acid groups (broad SMARTS) is 1. The van der Waals surface area contributed by atoms with Gasteiger partial charge in [-0.1, -0.05) is 6.92 Å². The molecule has 6 nitrogen and oxygen atoms in total. The van der Waals surface area contributed by atoms with Crippen LogP contribution in [0.15, 0.2) is 0 Å². The van der Waals surface area contributed by atoms with Crippen LogP contribution in [0.3, 0.4) is 0 Å². The molecule has 2 fully saturated rings. The number of carboxylic acids is 1. The van der Waals surface area contributed by atoms with E-state index < -0.39 is 12.0 Å². The third kappa shape index (κ3) is 3.54. The summed E-state index contributed by atoms with van der Waals surface area (Å²) in [6.45, 7) is 5.28. The van der Waals surface area contributed by atoms with Crippen molar-refractivity contribution in [3.63, 3.8) is 0 Å². The summed E-state index contributed by atoms with van der Waals surface area (Å²) in [5.41, 5.74) is 0. The topological polar surface area (TPSA) is 77.9 Å². The maximum atomic E-state index is 12.6. The predicted octanol–water partition coefficient (Wildman–Crippen LogP) is 0.957. The molecule has 0 saturated carbocycles. The maximum absolute atomic E-state index is 12.6. The average Bonchev–Trinajstić information content (AvgIpc) is 2.46. The Kier molecular flexibility index (Phi) is 4.85. The molecule has 0 aromatic carbocycles. The molecule has 2 atom stereocenters. The fourth-order valence-electron chi connectivity index (χ4n) is 3.32. The lowest BCUT2D eigenvalue weighted by molar-refractivity contribution is -0.156. The molecule has 2 unspecified atom stereocenters. The van der Waals surface area contributed by atoms with Crippen molar-refractivity contribution in [2.75, 3.05) is 19.6 Å². The first kappa shape index (κ1) is 15.8. The van der Waals surface area contributed by atoms with E-state index in [1.807, 2.05) is 6.92 Å². The number of carbonyl (C=O) groups excluding carboxylic acids is 2. The highest BCUT2D eigenvalue weighted by Gasteiger charge is 2.38. The van der Waals surface area contributed by atoms with Crippen LogP contribution in [-0.2, 0) is 14.4 Å². The van der Waals surface area contributed by atoms with Crippen LogP contribution in [-0.4, -0.2) is 58.4 Å². The minimum atomic E-state index is -0.906. The lowest BCUT2D eigenvalue weighted by atomic mass is 9.89. The monoisotopic (exact) mass is 296 g/mol. The summed E-state index contributed by atoms with van der Waals surface area (Å²) in [5.74, 6) is -0.713. The molecular formula is C15H24N2O4. The van der Waals surface area contributed by atoms with Crippen molar-refractivity contribution >= 4 is 17.8 Å². The molecule has 2 amide bonds. The largest absolute Gasteiger partial charge is 0.480 e. The number of carbonyl (C=O) groups is 3. The van der Waals surface area contributed by atoms with Gasteiger partial charge in [-0.2, -0.15) is 0 Å². The smallest absolute Gasteiger partial charge is 0.326 e.